The Morgan fingerprint density at radius 3 is 2.28 bits per heavy atom. The van der Waals surface area contributed by atoms with E-state index in [2.05, 4.69) is 13.8 Å². The molecule has 3 nitrogen and oxygen atoms in total. The number of rotatable bonds is 2. The molecule has 1 aliphatic rings. The van der Waals surface area contributed by atoms with Gasteiger partial charge in [-0.25, -0.2) is 8.42 Å². The molecule has 18 heavy (non-hydrogen) atoms. The molecule has 2 rings (SSSR count). The predicted molar refractivity (Wildman–Crippen MR) is 73.2 cm³/mol. The van der Waals surface area contributed by atoms with Crippen molar-refractivity contribution in [3.8, 4) is 0 Å². The standard InChI is InChI=1S/C13H18ClNO2S/c1-10-7-11(2)9-15(8-10)18(16,17)13-6-4-3-5-12(13)14/h3-6,10-11H,7-9H2,1-2H3/t10-,11-/m1/s1. The van der Waals surface area contributed by atoms with E-state index < -0.39 is 10.0 Å². The maximum atomic E-state index is 12.5. The fraction of sp³-hybridized carbons (Fsp3) is 0.538. The topological polar surface area (TPSA) is 37.4 Å². The van der Waals surface area contributed by atoms with E-state index in [0.717, 1.165) is 6.42 Å². The summed E-state index contributed by atoms with van der Waals surface area (Å²) >= 11 is 5.99. The Hall–Kier alpha value is -0.580. The van der Waals surface area contributed by atoms with Crippen LogP contribution in [0.4, 0.5) is 0 Å². The summed E-state index contributed by atoms with van der Waals surface area (Å²) in [7, 11) is -3.46. The lowest BCUT2D eigenvalue weighted by atomic mass is 9.94. The molecular weight excluding hydrogens is 270 g/mol. The molecule has 0 saturated carbocycles. The van der Waals surface area contributed by atoms with Crippen LogP contribution in [0.2, 0.25) is 5.02 Å². The molecule has 0 aliphatic carbocycles. The number of sulfonamides is 1. The van der Waals surface area contributed by atoms with Gasteiger partial charge >= 0.3 is 0 Å². The molecular formula is C13H18ClNO2S. The van der Waals surface area contributed by atoms with Crippen molar-refractivity contribution in [3.63, 3.8) is 0 Å². The third kappa shape index (κ3) is 2.71. The number of hydrogen-bond acceptors (Lipinski definition) is 2. The second-order valence-electron chi connectivity index (χ2n) is 5.20. The van der Waals surface area contributed by atoms with Gasteiger partial charge in [-0.1, -0.05) is 37.6 Å². The van der Waals surface area contributed by atoms with Crippen LogP contribution in [0.3, 0.4) is 0 Å². The molecule has 5 heteroatoms. The maximum Gasteiger partial charge on any atom is 0.244 e. The first-order valence-corrected chi connectivity index (χ1v) is 7.97. The van der Waals surface area contributed by atoms with E-state index in [1.165, 1.54) is 0 Å². The SMILES string of the molecule is C[C@@H]1C[C@@H](C)CN(S(=O)(=O)c2ccccc2Cl)C1. The van der Waals surface area contributed by atoms with Crippen molar-refractivity contribution in [1.29, 1.82) is 0 Å². The van der Waals surface area contributed by atoms with Gasteiger partial charge in [0.15, 0.2) is 0 Å². The summed E-state index contributed by atoms with van der Waals surface area (Å²) in [4.78, 5) is 0.216. The largest absolute Gasteiger partial charge is 0.244 e. The van der Waals surface area contributed by atoms with E-state index in [0.29, 0.717) is 29.9 Å². The third-order valence-electron chi connectivity index (χ3n) is 3.29. The zero-order valence-corrected chi connectivity index (χ0v) is 12.2. The summed E-state index contributed by atoms with van der Waals surface area (Å²) in [6, 6.07) is 6.63. The lowest BCUT2D eigenvalue weighted by molar-refractivity contribution is 0.222. The quantitative estimate of drug-likeness (QED) is 0.838. The van der Waals surface area contributed by atoms with Gasteiger partial charge in [0, 0.05) is 13.1 Å². The van der Waals surface area contributed by atoms with Gasteiger partial charge in [0.05, 0.1) is 5.02 Å². The molecule has 0 bridgehead atoms. The molecule has 1 aromatic rings. The Kier molecular flexibility index (Phi) is 3.99. The second kappa shape index (κ2) is 5.19. The summed E-state index contributed by atoms with van der Waals surface area (Å²) in [5.41, 5.74) is 0. The normalized spacial score (nSPS) is 26.2. The molecule has 1 fully saturated rings. The molecule has 0 aromatic heterocycles. The summed E-state index contributed by atoms with van der Waals surface area (Å²) in [6.07, 6.45) is 1.08. The van der Waals surface area contributed by atoms with Gasteiger partial charge < -0.3 is 0 Å². The Morgan fingerprint density at radius 2 is 1.72 bits per heavy atom. The van der Waals surface area contributed by atoms with E-state index in [9.17, 15) is 8.42 Å². The highest BCUT2D eigenvalue weighted by atomic mass is 35.5. The molecule has 1 saturated heterocycles. The fourth-order valence-electron chi connectivity index (χ4n) is 2.60. The lowest BCUT2D eigenvalue weighted by Gasteiger charge is -2.34. The van der Waals surface area contributed by atoms with Crippen molar-refractivity contribution in [1.82, 2.24) is 4.31 Å². The van der Waals surface area contributed by atoms with Gasteiger partial charge in [-0.15, -0.1) is 0 Å². The van der Waals surface area contributed by atoms with Crippen LogP contribution in [0.15, 0.2) is 29.2 Å². The molecule has 1 heterocycles. The monoisotopic (exact) mass is 287 g/mol. The van der Waals surface area contributed by atoms with Gasteiger partial charge in [-0.05, 0) is 30.4 Å². The van der Waals surface area contributed by atoms with E-state index >= 15 is 0 Å². The first kappa shape index (κ1) is 13.8. The van der Waals surface area contributed by atoms with Crippen LogP contribution in [-0.4, -0.2) is 25.8 Å². The number of benzene rings is 1. The van der Waals surface area contributed by atoms with E-state index in [4.69, 9.17) is 11.6 Å². The maximum absolute atomic E-state index is 12.5. The molecule has 2 atom stereocenters. The van der Waals surface area contributed by atoms with Crippen LogP contribution in [0.1, 0.15) is 20.3 Å². The Morgan fingerprint density at radius 1 is 1.17 bits per heavy atom. The lowest BCUT2D eigenvalue weighted by Crippen LogP contribution is -2.42. The molecule has 0 N–H and O–H groups in total. The summed E-state index contributed by atoms with van der Waals surface area (Å²) in [6.45, 7) is 5.34. The van der Waals surface area contributed by atoms with Gasteiger partial charge in [0.25, 0.3) is 0 Å². The predicted octanol–water partition coefficient (Wildman–Crippen LogP) is 3.01. The minimum Gasteiger partial charge on any atom is -0.207 e. The minimum atomic E-state index is -3.46. The van der Waals surface area contributed by atoms with E-state index in [1.807, 2.05) is 0 Å². The summed E-state index contributed by atoms with van der Waals surface area (Å²) in [5.74, 6) is 0.789. The van der Waals surface area contributed by atoms with Gasteiger partial charge in [-0.3, -0.25) is 0 Å². The van der Waals surface area contributed by atoms with Crippen LogP contribution in [-0.2, 0) is 10.0 Å². The highest BCUT2D eigenvalue weighted by molar-refractivity contribution is 7.89. The number of hydrogen-bond donors (Lipinski definition) is 0. The van der Waals surface area contributed by atoms with E-state index in [1.54, 1.807) is 28.6 Å². The molecule has 0 radical (unpaired) electrons. The Bertz CT molecular complexity index is 520. The number of piperidine rings is 1. The molecule has 1 aromatic carbocycles. The Balaban J connectivity index is 2.34. The Labute approximate surface area is 114 Å². The zero-order chi connectivity index (χ0) is 13.3. The van der Waals surface area contributed by atoms with Crippen molar-refractivity contribution in [3.05, 3.63) is 29.3 Å². The van der Waals surface area contributed by atoms with Gasteiger partial charge in [0.2, 0.25) is 10.0 Å². The van der Waals surface area contributed by atoms with Crippen molar-refractivity contribution in [2.45, 2.75) is 25.2 Å². The van der Waals surface area contributed by atoms with Gasteiger partial charge in [-0.2, -0.15) is 4.31 Å². The smallest absolute Gasteiger partial charge is 0.207 e. The first-order valence-electron chi connectivity index (χ1n) is 6.16. The fourth-order valence-corrected chi connectivity index (χ4v) is 4.77. The van der Waals surface area contributed by atoms with Crippen molar-refractivity contribution in [2.24, 2.45) is 11.8 Å². The van der Waals surface area contributed by atoms with Crippen LogP contribution in [0, 0.1) is 11.8 Å². The second-order valence-corrected chi connectivity index (χ2v) is 7.51. The molecule has 0 unspecified atom stereocenters. The number of halogens is 1. The molecule has 100 valence electrons. The molecule has 1 aliphatic heterocycles. The minimum absolute atomic E-state index is 0.216. The highest BCUT2D eigenvalue weighted by Crippen LogP contribution is 2.29. The molecule has 0 amide bonds. The summed E-state index contributed by atoms with van der Waals surface area (Å²) in [5, 5.41) is 0.295. The zero-order valence-electron chi connectivity index (χ0n) is 10.6. The highest BCUT2D eigenvalue weighted by Gasteiger charge is 2.32. The van der Waals surface area contributed by atoms with E-state index in [-0.39, 0.29) is 4.90 Å². The summed E-state index contributed by atoms with van der Waals surface area (Å²) < 4.78 is 26.6. The number of nitrogens with zero attached hydrogens (tertiary/aromatic N) is 1. The van der Waals surface area contributed by atoms with Crippen LogP contribution in [0.25, 0.3) is 0 Å². The third-order valence-corrected chi connectivity index (χ3v) is 5.62. The van der Waals surface area contributed by atoms with Gasteiger partial charge in [0.1, 0.15) is 4.90 Å². The van der Waals surface area contributed by atoms with Crippen LogP contribution >= 0.6 is 11.6 Å². The van der Waals surface area contributed by atoms with Crippen molar-refractivity contribution in [2.75, 3.05) is 13.1 Å². The van der Waals surface area contributed by atoms with Crippen molar-refractivity contribution < 1.29 is 8.42 Å². The van der Waals surface area contributed by atoms with Crippen LogP contribution < -0.4 is 0 Å². The average Bonchev–Trinajstić information content (AvgIpc) is 2.28. The van der Waals surface area contributed by atoms with Crippen LogP contribution in [0.5, 0.6) is 0 Å². The molecule has 0 spiro atoms. The van der Waals surface area contributed by atoms with Crippen molar-refractivity contribution >= 4 is 21.6 Å². The average molecular weight is 288 g/mol. The first-order chi connectivity index (χ1) is 8.41.